The summed E-state index contributed by atoms with van der Waals surface area (Å²) in [6, 6.07) is 7.70. The van der Waals surface area contributed by atoms with Gasteiger partial charge in [0.2, 0.25) is 5.91 Å². The zero-order valence-electron chi connectivity index (χ0n) is 17.8. The molecule has 1 unspecified atom stereocenters. The number of methoxy groups -OCH3 is 1. The van der Waals surface area contributed by atoms with Crippen LogP contribution in [0.2, 0.25) is 0 Å². The van der Waals surface area contributed by atoms with Crippen LogP contribution in [0, 0.1) is 0 Å². The van der Waals surface area contributed by atoms with Crippen LogP contribution in [0.25, 0.3) is 0 Å². The number of hydrogen-bond donors (Lipinski definition) is 3. The van der Waals surface area contributed by atoms with E-state index in [0.717, 1.165) is 50.8 Å². The summed E-state index contributed by atoms with van der Waals surface area (Å²) in [7, 11) is 1.68. The minimum absolute atomic E-state index is 0.0190. The second kappa shape index (κ2) is 10.1. The molecule has 6 nitrogen and oxygen atoms in total. The van der Waals surface area contributed by atoms with Gasteiger partial charge in [0.25, 0.3) is 0 Å². The Kier molecular flexibility index (Phi) is 7.53. The van der Waals surface area contributed by atoms with Crippen LogP contribution in [-0.4, -0.2) is 37.7 Å². The van der Waals surface area contributed by atoms with Gasteiger partial charge in [0.05, 0.1) is 13.2 Å². The van der Waals surface area contributed by atoms with Crippen LogP contribution in [0.15, 0.2) is 24.3 Å². The van der Waals surface area contributed by atoms with Crippen molar-refractivity contribution in [3.63, 3.8) is 0 Å². The molecule has 3 N–H and O–H groups in total. The predicted molar refractivity (Wildman–Crippen MR) is 114 cm³/mol. The van der Waals surface area contributed by atoms with E-state index < -0.39 is 6.04 Å². The molecule has 0 bridgehead atoms. The molecule has 0 spiro atoms. The summed E-state index contributed by atoms with van der Waals surface area (Å²) < 4.78 is 5.30. The zero-order valence-corrected chi connectivity index (χ0v) is 17.8. The van der Waals surface area contributed by atoms with Crippen molar-refractivity contribution in [1.29, 1.82) is 0 Å². The Balaban J connectivity index is 1.56. The largest absolute Gasteiger partial charge is 0.497 e. The molecule has 2 aliphatic carbocycles. The Labute approximate surface area is 174 Å². The SMILES string of the molecule is COc1ccc(C2(CNC(C)C(=O)NC(=O)NC3CCCC3)CCCCC2)cc1. The number of ether oxygens (including phenoxy) is 1. The van der Waals surface area contributed by atoms with E-state index in [4.69, 9.17) is 4.74 Å². The summed E-state index contributed by atoms with van der Waals surface area (Å²) in [4.78, 5) is 24.6. The Morgan fingerprint density at radius 1 is 1.07 bits per heavy atom. The smallest absolute Gasteiger partial charge is 0.321 e. The second-order valence-corrected chi connectivity index (χ2v) is 8.62. The Bertz CT molecular complexity index is 677. The van der Waals surface area contributed by atoms with Crippen molar-refractivity contribution in [3.8, 4) is 5.75 Å². The van der Waals surface area contributed by atoms with Gasteiger partial charge in [0, 0.05) is 18.0 Å². The van der Waals surface area contributed by atoms with Gasteiger partial charge in [-0.05, 0) is 50.3 Å². The van der Waals surface area contributed by atoms with Crippen molar-refractivity contribution in [2.45, 2.75) is 82.2 Å². The van der Waals surface area contributed by atoms with Crippen molar-refractivity contribution in [2.24, 2.45) is 0 Å². The minimum Gasteiger partial charge on any atom is -0.497 e. The molecule has 3 amide bonds. The molecule has 2 fully saturated rings. The van der Waals surface area contributed by atoms with Crippen LogP contribution in [0.1, 0.15) is 70.3 Å². The molecule has 0 aromatic heterocycles. The molecule has 29 heavy (non-hydrogen) atoms. The fraction of sp³-hybridized carbons (Fsp3) is 0.652. The van der Waals surface area contributed by atoms with Crippen molar-refractivity contribution in [3.05, 3.63) is 29.8 Å². The molecule has 1 aromatic carbocycles. The lowest BCUT2D eigenvalue weighted by molar-refractivity contribution is -0.121. The zero-order chi connectivity index (χ0) is 20.7. The highest BCUT2D eigenvalue weighted by Gasteiger charge is 2.34. The van der Waals surface area contributed by atoms with Crippen molar-refractivity contribution in [2.75, 3.05) is 13.7 Å². The van der Waals surface area contributed by atoms with Crippen LogP contribution in [0.4, 0.5) is 4.79 Å². The molecule has 6 heteroatoms. The number of imide groups is 1. The lowest BCUT2D eigenvalue weighted by Gasteiger charge is -2.39. The fourth-order valence-corrected chi connectivity index (χ4v) is 4.69. The van der Waals surface area contributed by atoms with E-state index in [1.54, 1.807) is 7.11 Å². The summed E-state index contributed by atoms with van der Waals surface area (Å²) in [5, 5.41) is 8.79. The first-order valence-electron chi connectivity index (χ1n) is 11.0. The lowest BCUT2D eigenvalue weighted by Crippen LogP contribution is -2.52. The van der Waals surface area contributed by atoms with Gasteiger partial charge in [-0.25, -0.2) is 4.79 Å². The highest BCUT2D eigenvalue weighted by molar-refractivity contribution is 5.96. The third-order valence-corrected chi connectivity index (χ3v) is 6.58. The van der Waals surface area contributed by atoms with E-state index in [1.165, 1.54) is 24.8 Å². The minimum atomic E-state index is -0.429. The van der Waals surface area contributed by atoms with E-state index in [2.05, 4.69) is 28.1 Å². The number of amides is 3. The molecule has 160 valence electrons. The van der Waals surface area contributed by atoms with Crippen LogP contribution >= 0.6 is 0 Å². The number of carbonyl (C=O) groups is 2. The number of benzene rings is 1. The second-order valence-electron chi connectivity index (χ2n) is 8.62. The molecule has 0 radical (unpaired) electrons. The maximum absolute atomic E-state index is 12.5. The number of urea groups is 1. The van der Waals surface area contributed by atoms with Gasteiger partial charge in [0.1, 0.15) is 5.75 Å². The van der Waals surface area contributed by atoms with E-state index in [0.29, 0.717) is 0 Å². The lowest BCUT2D eigenvalue weighted by atomic mass is 9.69. The van der Waals surface area contributed by atoms with Crippen molar-refractivity contribution >= 4 is 11.9 Å². The first-order chi connectivity index (χ1) is 14.0. The third kappa shape index (κ3) is 5.72. The van der Waals surface area contributed by atoms with Gasteiger partial charge in [-0.1, -0.05) is 44.2 Å². The molecule has 1 atom stereocenters. The van der Waals surface area contributed by atoms with Crippen molar-refractivity contribution in [1.82, 2.24) is 16.0 Å². The van der Waals surface area contributed by atoms with Gasteiger partial charge in [-0.3, -0.25) is 10.1 Å². The molecular weight excluding hydrogens is 366 g/mol. The summed E-state index contributed by atoms with van der Waals surface area (Å²) in [5.41, 5.74) is 1.31. The Hall–Kier alpha value is -2.08. The molecule has 1 aromatic rings. The van der Waals surface area contributed by atoms with Crippen LogP contribution < -0.4 is 20.7 Å². The van der Waals surface area contributed by atoms with E-state index in [-0.39, 0.29) is 23.4 Å². The van der Waals surface area contributed by atoms with Crippen LogP contribution in [0.3, 0.4) is 0 Å². The average molecular weight is 402 g/mol. The molecule has 2 saturated carbocycles. The summed E-state index contributed by atoms with van der Waals surface area (Å²) >= 11 is 0. The number of rotatable bonds is 7. The molecular formula is C23H35N3O3. The van der Waals surface area contributed by atoms with Crippen LogP contribution in [0.5, 0.6) is 5.75 Å². The van der Waals surface area contributed by atoms with Gasteiger partial charge in [-0.15, -0.1) is 0 Å². The highest BCUT2D eigenvalue weighted by Crippen LogP contribution is 2.39. The number of hydrogen-bond acceptors (Lipinski definition) is 4. The first kappa shape index (κ1) is 21.6. The van der Waals surface area contributed by atoms with Gasteiger partial charge in [0.15, 0.2) is 0 Å². The van der Waals surface area contributed by atoms with Gasteiger partial charge < -0.3 is 15.4 Å². The first-order valence-corrected chi connectivity index (χ1v) is 11.0. The van der Waals surface area contributed by atoms with Crippen LogP contribution in [-0.2, 0) is 10.2 Å². The number of nitrogens with one attached hydrogen (secondary N) is 3. The van der Waals surface area contributed by atoms with E-state index in [1.807, 2.05) is 19.1 Å². The molecule has 3 rings (SSSR count). The van der Waals surface area contributed by atoms with E-state index >= 15 is 0 Å². The summed E-state index contributed by atoms with van der Waals surface area (Å²) in [6.45, 7) is 2.54. The Morgan fingerprint density at radius 2 is 1.72 bits per heavy atom. The molecule has 2 aliphatic rings. The quantitative estimate of drug-likeness (QED) is 0.652. The standard InChI is InChI=1S/C23H35N3O3/c1-17(21(27)26-22(28)25-19-8-4-5-9-19)24-16-23(14-6-3-7-15-23)18-10-12-20(29-2)13-11-18/h10-13,17,19,24H,3-9,14-16H2,1-2H3,(H2,25,26,27,28). The Morgan fingerprint density at radius 3 is 2.34 bits per heavy atom. The fourth-order valence-electron chi connectivity index (χ4n) is 4.69. The maximum atomic E-state index is 12.5. The normalized spacial score (nSPS) is 20.1. The monoisotopic (exact) mass is 401 g/mol. The maximum Gasteiger partial charge on any atom is 0.321 e. The average Bonchev–Trinajstić information content (AvgIpc) is 3.25. The van der Waals surface area contributed by atoms with Crippen molar-refractivity contribution < 1.29 is 14.3 Å². The summed E-state index contributed by atoms with van der Waals surface area (Å²) in [6.07, 6.45) is 10.1. The van der Waals surface area contributed by atoms with Gasteiger partial charge in [-0.2, -0.15) is 0 Å². The van der Waals surface area contributed by atoms with E-state index in [9.17, 15) is 9.59 Å². The molecule has 0 heterocycles. The molecule has 0 saturated heterocycles. The summed E-state index contributed by atoms with van der Waals surface area (Å²) in [5.74, 6) is 0.579. The predicted octanol–water partition coefficient (Wildman–Crippen LogP) is 3.64. The number of carbonyl (C=O) groups excluding carboxylic acids is 2. The highest BCUT2D eigenvalue weighted by atomic mass is 16.5. The molecule has 0 aliphatic heterocycles. The third-order valence-electron chi connectivity index (χ3n) is 6.58. The topological polar surface area (TPSA) is 79.5 Å². The van der Waals surface area contributed by atoms with Gasteiger partial charge >= 0.3 is 6.03 Å².